The first-order chi connectivity index (χ1) is 8.68. The van der Waals surface area contributed by atoms with E-state index in [1.807, 2.05) is 0 Å². The Hall–Kier alpha value is -0.450. The highest BCUT2D eigenvalue weighted by atomic mass is 32.1. The predicted octanol–water partition coefficient (Wildman–Crippen LogP) is 2.74. The lowest BCUT2D eigenvalue weighted by atomic mass is 9.86. The van der Waals surface area contributed by atoms with E-state index in [9.17, 15) is 5.11 Å². The molecule has 0 saturated heterocycles. The zero-order valence-electron chi connectivity index (χ0n) is 11.4. The Morgan fingerprint density at radius 1 is 1.61 bits per heavy atom. The van der Waals surface area contributed by atoms with Crippen LogP contribution in [0.5, 0.6) is 0 Å². The highest BCUT2D eigenvalue weighted by molar-refractivity contribution is 7.09. The summed E-state index contributed by atoms with van der Waals surface area (Å²) < 4.78 is 0. The number of aliphatic hydroxyl groups excluding tert-OH is 1. The largest absolute Gasteiger partial charge is 0.396 e. The van der Waals surface area contributed by atoms with Gasteiger partial charge in [0.1, 0.15) is 0 Å². The molecule has 0 amide bonds. The van der Waals surface area contributed by atoms with Crippen molar-refractivity contribution in [3.63, 3.8) is 0 Å². The van der Waals surface area contributed by atoms with Crippen LogP contribution in [0.3, 0.4) is 0 Å². The second-order valence-electron chi connectivity index (χ2n) is 5.62. The van der Waals surface area contributed by atoms with E-state index in [0.717, 1.165) is 31.5 Å². The van der Waals surface area contributed by atoms with Crippen LogP contribution in [-0.2, 0) is 13.0 Å². The Morgan fingerprint density at radius 2 is 2.44 bits per heavy atom. The highest BCUT2D eigenvalue weighted by Gasteiger charge is 2.37. The molecule has 0 unspecified atom stereocenters. The molecule has 0 aromatic carbocycles. The Bertz CT molecular complexity index is 380. The van der Waals surface area contributed by atoms with Crippen molar-refractivity contribution in [3.05, 3.63) is 16.1 Å². The van der Waals surface area contributed by atoms with Crippen molar-refractivity contribution < 1.29 is 5.11 Å². The molecule has 2 atom stereocenters. The lowest BCUT2D eigenvalue weighted by Gasteiger charge is -2.30. The molecule has 0 radical (unpaired) electrons. The molecule has 1 fully saturated rings. The molecule has 0 bridgehead atoms. The molecule has 2 rings (SSSR count). The van der Waals surface area contributed by atoms with Gasteiger partial charge in [-0.1, -0.05) is 20.3 Å². The number of aryl methyl sites for hydroxylation is 1. The van der Waals surface area contributed by atoms with Gasteiger partial charge in [-0.15, -0.1) is 11.3 Å². The summed E-state index contributed by atoms with van der Waals surface area (Å²) in [6.45, 7) is 5.48. The molecular weight excluding hydrogens is 244 g/mol. The third-order valence-electron chi connectivity index (χ3n) is 4.04. The first kappa shape index (κ1) is 14.0. The second-order valence-corrected chi connectivity index (χ2v) is 6.56. The van der Waals surface area contributed by atoms with Crippen LogP contribution in [0.2, 0.25) is 0 Å². The number of hydrogen-bond acceptors (Lipinski definition) is 4. The van der Waals surface area contributed by atoms with E-state index in [1.54, 1.807) is 11.3 Å². The molecule has 3 nitrogen and oxygen atoms in total. The number of aromatic nitrogens is 1. The summed E-state index contributed by atoms with van der Waals surface area (Å²) in [5.41, 5.74) is 1.21. The van der Waals surface area contributed by atoms with Crippen molar-refractivity contribution in [3.8, 4) is 0 Å². The normalized spacial score (nSPS) is 27.8. The molecule has 1 aliphatic rings. The van der Waals surface area contributed by atoms with Crippen molar-refractivity contribution in [2.45, 2.75) is 58.5 Å². The fourth-order valence-corrected chi connectivity index (χ4v) is 3.66. The quantitative estimate of drug-likeness (QED) is 0.834. The van der Waals surface area contributed by atoms with Crippen LogP contribution in [0.25, 0.3) is 0 Å². The molecule has 0 spiro atoms. The molecule has 1 heterocycles. The third-order valence-corrected chi connectivity index (χ3v) is 4.99. The fraction of sp³-hybridized carbons (Fsp3) is 0.786. The molecule has 0 aliphatic heterocycles. The van der Waals surface area contributed by atoms with Crippen molar-refractivity contribution in [2.24, 2.45) is 5.41 Å². The van der Waals surface area contributed by atoms with Gasteiger partial charge < -0.3 is 10.4 Å². The van der Waals surface area contributed by atoms with Gasteiger partial charge in [-0.25, -0.2) is 4.98 Å². The van der Waals surface area contributed by atoms with E-state index in [0.29, 0.717) is 6.04 Å². The highest BCUT2D eigenvalue weighted by Crippen LogP contribution is 2.37. The average Bonchev–Trinajstić information content (AvgIpc) is 2.95. The van der Waals surface area contributed by atoms with Crippen LogP contribution in [0, 0.1) is 5.41 Å². The van der Waals surface area contributed by atoms with E-state index in [-0.39, 0.29) is 12.0 Å². The molecule has 1 aromatic rings. The maximum Gasteiger partial charge on any atom is 0.0928 e. The Balaban J connectivity index is 1.87. The average molecular weight is 268 g/mol. The molecule has 18 heavy (non-hydrogen) atoms. The van der Waals surface area contributed by atoms with Gasteiger partial charge >= 0.3 is 0 Å². The predicted molar refractivity (Wildman–Crippen MR) is 75.8 cm³/mol. The lowest BCUT2D eigenvalue weighted by Crippen LogP contribution is -2.41. The van der Waals surface area contributed by atoms with E-state index >= 15 is 0 Å². The van der Waals surface area contributed by atoms with E-state index < -0.39 is 0 Å². The fourth-order valence-electron chi connectivity index (χ4n) is 2.76. The minimum absolute atomic E-state index is 0.0578. The van der Waals surface area contributed by atoms with E-state index in [4.69, 9.17) is 0 Å². The standard InChI is InChI=1S/C14H24N2OS/c1-3-5-13-16-11(9-18-13)8-15-12-6-4-7-14(12,2)10-17/h9,12,15,17H,3-8,10H2,1-2H3/t12-,14-/m0/s1. The third kappa shape index (κ3) is 3.11. The number of thiazole rings is 1. The zero-order chi connectivity index (χ0) is 13.0. The van der Waals surface area contributed by atoms with Gasteiger partial charge in [0.2, 0.25) is 0 Å². The molecule has 1 aliphatic carbocycles. The first-order valence-electron chi connectivity index (χ1n) is 6.95. The van der Waals surface area contributed by atoms with Gasteiger partial charge in [-0.3, -0.25) is 0 Å². The van der Waals surface area contributed by atoms with Crippen LogP contribution in [0.15, 0.2) is 5.38 Å². The first-order valence-corrected chi connectivity index (χ1v) is 7.83. The van der Waals surface area contributed by atoms with E-state index in [1.165, 1.54) is 17.8 Å². The summed E-state index contributed by atoms with van der Waals surface area (Å²) in [6, 6.07) is 0.429. The minimum atomic E-state index is 0.0578. The second kappa shape index (κ2) is 6.13. The van der Waals surface area contributed by atoms with Crippen LogP contribution in [-0.4, -0.2) is 22.7 Å². The number of nitrogens with one attached hydrogen (secondary N) is 1. The summed E-state index contributed by atoms with van der Waals surface area (Å²) in [7, 11) is 0. The van der Waals surface area contributed by atoms with Crippen molar-refractivity contribution in [1.82, 2.24) is 10.3 Å². The minimum Gasteiger partial charge on any atom is -0.396 e. The number of rotatable bonds is 6. The molecule has 2 N–H and O–H groups in total. The number of aliphatic hydroxyl groups is 1. The molecule has 4 heteroatoms. The maximum absolute atomic E-state index is 9.51. The van der Waals surface area contributed by atoms with E-state index in [2.05, 4.69) is 29.5 Å². The number of hydrogen-bond donors (Lipinski definition) is 2. The maximum atomic E-state index is 9.51. The van der Waals surface area contributed by atoms with Gasteiger partial charge in [0.05, 0.1) is 10.7 Å². The molecule has 1 saturated carbocycles. The topological polar surface area (TPSA) is 45.2 Å². The lowest BCUT2D eigenvalue weighted by molar-refractivity contribution is 0.118. The van der Waals surface area contributed by atoms with Gasteiger partial charge in [0, 0.05) is 30.0 Å². The van der Waals surface area contributed by atoms with Crippen molar-refractivity contribution >= 4 is 11.3 Å². The van der Waals surface area contributed by atoms with Gasteiger partial charge in [-0.05, 0) is 25.7 Å². The van der Waals surface area contributed by atoms with Crippen LogP contribution >= 0.6 is 11.3 Å². The van der Waals surface area contributed by atoms with Gasteiger partial charge in [0.25, 0.3) is 0 Å². The van der Waals surface area contributed by atoms with Gasteiger partial charge in [-0.2, -0.15) is 0 Å². The molecule has 1 aromatic heterocycles. The summed E-state index contributed by atoms with van der Waals surface area (Å²) in [6.07, 6.45) is 5.75. The summed E-state index contributed by atoms with van der Waals surface area (Å²) in [5.74, 6) is 0. The van der Waals surface area contributed by atoms with Gasteiger partial charge in [0.15, 0.2) is 0 Å². The SMILES string of the molecule is CCCc1nc(CN[C@H]2CCC[C@@]2(C)CO)cs1. The Labute approximate surface area is 114 Å². The molecule has 102 valence electrons. The van der Waals surface area contributed by atoms with Crippen LogP contribution < -0.4 is 5.32 Å². The van der Waals surface area contributed by atoms with Crippen LogP contribution in [0.4, 0.5) is 0 Å². The smallest absolute Gasteiger partial charge is 0.0928 e. The summed E-state index contributed by atoms with van der Waals surface area (Å²) in [4.78, 5) is 4.63. The monoisotopic (exact) mass is 268 g/mol. The summed E-state index contributed by atoms with van der Waals surface area (Å²) in [5, 5.41) is 16.5. The van der Waals surface area contributed by atoms with Crippen molar-refractivity contribution in [2.75, 3.05) is 6.61 Å². The Morgan fingerprint density at radius 3 is 3.17 bits per heavy atom. The van der Waals surface area contributed by atoms with Crippen molar-refractivity contribution in [1.29, 1.82) is 0 Å². The van der Waals surface area contributed by atoms with Crippen LogP contribution in [0.1, 0.15) is 50.2 Å². The summed E-state index contributed by atoms with van der Waals surface area (Å²) >= 11 is 1.76. The molecular formula is C14H24N2OS. The zero-order valence-corrected chi connectivity index (χ0v) is 12.2. The number of nitrogens with zero attached hydrogens (tertiary/aromatic N) is 1. The Kier molecular flexibility index (Phi) is 4.76.